The molecule has 2 nitrogen and oxygen atoms in total. The first kappa shape index (κ1) is 34.3. The lowest BCUT2D eigenvalue weighted by Crippen LogP contribution is -1.92. The molecule has 10 aromatic carbocycles. The van der Waals surface area contributed by atoms with Crippen molar-refractivity contribution < 1.29 is 0 Å². The lowest BCUT2D eigenvalue weighted by molar-refractivity contribution is 1.18. The Labute approximate surface area is 363 Å². The summed E-state index contributed by atoms with van der Waals surface area (Å²) in [6, 6.07) is 81.1. The molecule has 0 unspecified atom stereocenters. The maximum Gasteiger partial charge on any atom is 0.0626 e. The molecular formula is C61H36N2. The number of hydrogen-bond acceptors (Lipinski definition) is 0. The molecule has 4 heterocycles. The smallest absolute Gasteiger partial charge is 0.0626 e. The first-order valence-corrected chi connectivity index (χ1v) is 21.8. The second kappa shape index (κ2) is 12.8. The third-order valence-corrected chi connectivity index (χ3v) is 13.9. The monoisotopic (exact) mass is 796 g/mol. The van der Waals surface area contributed by atoms with Crippen molar-refractivity contribution in [1.82, 2.24) is 8.80 Å². The summed E-state index contributed by atoms with van der Waals surface area (Å²) in [5.41, 5.74) is 14.5. The summed E-state index contributed by atoms with van der Waals surface area (Å²) < 4.78 is 4.89. The van der Waals surface area contributed by atoms with Gasteiger partial charge in [-0.1, -0.05) is 170 Å². The standard InChI is InChI=1S/C61H36N2/c1-37-58-45(27-13-19-39-17-3-8-30-54(39)62(37)56-32-10-6-22-50(56)58)41-24-14-28-46-52(41)36-53-42(25-15-29-47(53)59(46)44-26-12-18-38-16-2-4-20-40(38)44)48-34-35-49-43-21-5-9-31-55(43)63-57-33-11-7-23-51(57)60(48)61(49)63/h2-12,14-18,20-36H,1H3. The van der Waals surface area contributed by atoms with Crippen molar-refractivity contribution in [2.75, 3.05) is 0 Å². The summed E-state index contributed by atoms with van der Waals surface area (Å²) in [5, 5.41) is 15.9. The normalized spacial score (nSPS) is 12.1. The van der Waals surface area contributed by atoms with E-state index >= 15 is 0 Å². The quantitative estimate of drug-likeness (QED) is 0.158. The Bertz CT molecular complexity index is 4270. The molecule has 0 radical (unpaired) electrons. The first-order chi connectivity index (χ1) is 31.2. The molecule has 2 heteroatoms. The Morgan fingerprint density at radius 3 is 1.65 bits per heavy atom. The van der Waals surface area contributed by atoms with E-state index in [2.05, 4.69) is 228 Å². The van der Waals surface area contributed by atoms with Crippen LogP contribution in [0.3, 0.4) is 0 Å². The van der Waals surface area contributed by atoms with Crippen LogP contribution in [0.25, 0.3) is 131 Å². The topological polar surface area (TPSA) is 8.82 Å². The van der Waals surface area contributed by atoms with Gasteiger partial charge in [0.2, 0.25) is 0 Å². The van der Waals surface area contributed by atoms with Crippen LogP contribution >= 0.6 is 0 Å². The number of aryl methyl sites for hydroxylation is 1. The van der Waals surface area contributed by atoms with Crippen molar-refractivity contribution in [3.8, 4) is 33.4 Å². The number of fused-ring (bicyclic) bond motifs is 16. The molecule has 0 aliphatic rings. The number of benzene rings is 10. The van der Waals surface area contributed by atoms with Crippen molar-refractivity contribution in [1.29, 1.82) is 0 Å². The Morgan fingerprint density at radius 2 is 0.889 bits per heavy atom. The summed E-state index contributed by atoms with van der Waals surface area (Å²) in [4.78, 5) is 0. The van der Waals surface area contributed by atoms with Crippen LogP contribution in [0, 0.1) is 19.1 Å². The fourth-order valence-corrected chi connectivity index (χ4v) is 11.3. The molecule has 0 fully saturated rings. The minimum Gasteiger partial charge on any atom is -0.312 e. The zero-order valence-corrected chi connectivity index (χ0v) is 34.4. The van der Waals surface area contributed by atoms with Gasteiger partial charge in [0, 0.05) is 49.0 Å². The van der Waals surface area contributed by atoms with E-state index in [1.165, 1.54) is 120 Å². The number of nitrogens with zero attached hydrogens (tertiary/aromatic N) is 2. The van der Waals surface area contributed by atoms with E-state index in [9.17, 15) is 0 Å². The fraction of sp³-hybridized carbons (Fsp3) is 0.0164. The molecule has 2 bridgehead atoms. The SMILES string of the molecule is Cc1c2c(-c3cccc4c(-c5cccc6ccccc56)c5cccc(-c6ccc7c8ccccc8n8c9ccccc9c6c78)c5cc34)cc#cc3ccccc3n1c1ccccc21. The van der Waals surface area contributed by atoms with Gasteiger partial charge in [0.25, 0.3) is 0 Å². The van der Waals surface area contributed by atoms with Crippen molar-refractivity contribution in [2.24, 2.45) is 0 Å². The highest BCUT2D eigenvalue weighted by molar-refractivity contribution is 6.29. The molecular weight excluding hydrogens is 761 g/mol. The Balaban J connectivity index is 1.17. The van der Waals surface area contributed by atoms with Gasteiger partial charge in [0.15, 0.2) is 0 Å². The van der Waals surface area contributed by atoms with Crippen molar-refractivity contribution in [2.45, 2.75) is 6.92 Å². The zero-order valence-electron chi connectivity index (χ0n) is 34.4. The Morgan fingerprint density at radius 1 is 0.349 bits per heavy atom. The lowest BCUT2D eigenvalue weighted by atomic mass is 9.84. The highest BCUT2D eigenvalue weighted by atomic mass is 14.9. The van der Waals surface area contributed by atoms with E-state index in [1.54, 1.807) is 0 Å². The van der Waals surface area contributed by atoms with Gasteiger partial charge in [-0.15, -0.1) is 0 Å². The van der Waals surface area contributed by atoms with Gasteiger partial charge in [0.1, 0.15) is 0 Å². The molecule has 0 saturated carbocycles. The van der Waals surface area contributed by atoms with E-state index in [0.29, 0.717) is 0 Å². The number of rotatable bonds is 3. The molecule has 0 amide bonds. The minimum atomic E-state index is 1.02. The van der Waals surface area contributed by atoms with Crippen LogP contribution in [-0.4, -0.2) is 8.80 Å². The highest BCUT2D eigenvalue weighted by Crippen LogP contribution is 2.49. The molecule has 0 saturated heterocycles. The summed E-state index contributed by atoms with van der Waals surface area (Å²) in [6.45, 7) is 2.27. The average Bonchev–Trinajstić information content (AvgIpc) is 3.97. The van der Waals surface area contributed by atoms with Crippen molar-refractivity contribution >= 4 is 97.6 Å². The predicted octanol–water partition coefficient (Wildman–Crippen LogP) is 16.3. The van der Waals surface area contributed by atoms with E-state index in [-0.39, 0.29) is 0 Å². The Kier molecular flexibility index (Phi) is 6.99. The summed E-state index contributed by atoms with van der Waals surface area (Å²) >= 11 is 0. The van der Waals surface area contributed by atoms with Crippen LogP contribution in [0.2, 0.25) is 0 Å². The average molecular weight is 797 g/mol. The van der Waals surface area contributed by atoms with Crippen LogP contribution in [-0.2, 0) is 0 Å². The van der Waals surface area contributed by atoms with Crippen molar-refractivity contribution in [3.63, 3.8) is 0 Å². The fourth-order valence-electron chi connectivity index (χ4n) is 11.3. The van der Waals surface area contributed by atoms with Crippen LogP contribution in [0.4, 0.5) is 0 Å². The van der Waals surface area contributed by atoms with Gasteiger partial charge in [-0.3, -0.25) is 0 Å². The molecule has 14 aromatic rings. The summed E-state index contributed by atoms with van der Waals surface area (Å²) in [6.07, 6.45) is 0. The van der Waals surface area contributed by atoms with Gasteiger partial charge in [-0.25, -0.2) is 0 Å². The predicted molar refractivity (Wildman–Crippen MR) is 267 cm³/mol. The maximum absolute atomic E-state index is 3.56. The van der Waals surface area contributed by atoms with E-state index in [0.717, 1.165) is 16.5 Å². The van der Waals surface area contributed by atoms with E-state index in [4.69, 9.17) is 0 Å². The van der Waals surface area contributed by atoms with Crippen LogP contribution < -0.4 is 0 Å². The number of aromatic nitrogens is 2. The number of hydrogen-bond donors (Lipinski definition) is 0. The molecule has 0 N–H and O–H groups in total. The summed E-state index contributed by atoms with van der Waals surface area (Å²) in [5.74, 6) is 0. The summed E-state index contributed by atoms with van der Waals surface area (Å²) in [7, 11) is 0. The van der Waals surface area contributed by atoms with E-state index < -0.39 is 0 Å². The minimum absolute atomic E-state index is 1.02. The Hall–Kier alpha value is -8.38. The third kappa shape index (κ3) is 4.63. The molecule has 0 aliphatic heterocycles. The molecule has 0 atom stereocenters. The van der Waals surface area contributed by atoms with E-state index in [1.807, 2.05) is 0 Å². The number of para-hydroxylation sites is 4. The maximum atomic E-state index is 3.56. The van der Waals surface area contributed by atoms with Crippen LogP contribution in [0.1, 0.15) is 5.69 Å². The molecule has 4 aromatic heterocycles. The van der Waals surface area contributed by atoms with Gasteiger partial charge in [0.05, 0.1) is 27.6 Å². The molecule has 290 valence electrons. The lowest BCUT2D eigenvalue weighted by Gasteiger charge is -2.19. The second-order valence-corrected chi connectivity index (χ2v) is 17.0. The van der Waals surface area contributed by atoms with Crippen LogP contribution in [0.15, 0.2) is 200 Å². The molecule has 63 heavy (non-hydrogen) atoms. The van der Waals surface area contributed by atoms with Gasteiger partial charge < -0.3 is 8.80 Å². The van der Waals surface area contributed by atoms with Gasteiger partial charge in [-0.05, 0) is 110 Å². The zero-order chi connectivity index (χ0) is 41.3. The second-order valence-electron chi connectivity index (χ2n) is 17.0. The highest BCUT2D eigenvalue weighted by Gasteiger charge is 2.24. The first-order valence-electron chi connectivity index (χ1n) is 21.8. The van der Waals surface area contributed by atoms with Gasteiger partial charge in [-0.2, -0.15) is 0 Å². The van der Waals surface area contributed by atoms with Crippen LogP contribution in [0.5, 0.6) is 0 Å². The molecule has 14 rings (SSSR count). The van der Waals surface area contributed by atoms with Crippen molar-refractivity contribution in [3.05, 3.63) is 218 Å². The van der Waals surface area contributed by atoms with Gasteiger partial charge >= 0.3 is 0 Å². The largest absolute Gasteiger partial charge is 0.312 e. The molecule has 0 aliphatic carbocycles. The molecule has 0 spiro atoms. The third-order valence-electron chi connectivity index (χ3n) is 13.9.